The molecule has 6 nitrogen and oxygen atoms in total. The number of thiophene rings is 1. The summed E-state index contributed by atoms with van der Waals surface area (Å²) < 4.78 is 11.6. The summed E-state index contributed by atoms with van der Waals surface area (Å²) in [4.78, 5) is 17.2. The fourth-order valence-corrected chi connectivity index (χ4v) is 5.24. The summed E-state index contributed by atoms with van der Waals surface area (Å²) in [6.07, 6.45) is 4.21. The van der Waals surface area contributed by atoms with Gasteiger partial charge in [-0.05, 0) is 57.5 Å². The number of aromatic nitrogens is 2. The van der Waals surface area contributed by atoms with Crippen LogP contribution in [0.1, 0.15) is 41.0 Å². The van der Waals surface area contributed by atoms with E-state index in [0.29, 0.717) is 6.61 Å². The van der Waals surface area contributed by atoms with Gasteiger partial charge >= 0.3 is 0 Å². The first-order chi connectivity index (χ1) is 13.7. The highest BCUT2D eigenvalue weighted by Gasteiger charge is 2.28. The van der Waals surface area contributed by atoms with E-state index in [1.807, 2.05) is 12.1 Å². The maximum absolute atomic E-state index is 5.97. The number of hydrogen-bond donors (Lipinski definition) is 0. The van der Waals surface area contributed by atoms with Crippen LogP contribution in [0.2, 0.25) is 0 Å². The van der Waals surface area contributed by atoms with Gasteiger partial charge in [-0.1, -0.05) is 0 Å². The Hall–Kier alpha value is -1.96. The first-order valence-corrected chi connectivity index (χ1v) is 10.9. The van der Waals surface area contributed by atoms with Crippen LogP contribution < -0.4 is 4.90 Å². The van der Waals surface area contributed by atoms with Gasteiger partial charge < -0.3 is 14.1 Å². The van der Waals surface area contributed by atoms with Gasteiger partial charge in [0.15, 0.2) is 0 Å². The standard InChI is InChI=1S/C21H26N4O2S/c1-14-15(2)28-21-19(14)20(22-18(23-21)13-24-7-3-4-8-24)25-9-11-27-17(12-25)16-6-5-10-26-16/h5-6,10,17H,3-4,7-9,11-13H2,1-2H3. The third kappa shape index (κ3) is 3.32. The van der Waals surface area contributed by atoms with Gasteiger partial charge in [-0.3, -0.25) is 4.90 Å². The number of anilines is 1. The number of furan rings is 1. The van der Waals surface area contributed by atoms with Gasteiger partial charge in [-0.15, -0.1) is 11.3 Å². The Balaban J connectivity index is 1.52. The van der Waals surface area contributed by atoms with E-state index in [2.05, 4.69) is 23.6 Å². The van der Waals surface area contributed by atoms with Crippen LogP contribution >= 0.6 is 11.3 Å². The van der Waals surface area contributed by atoms with Crippen molar-refractivity contribution in [2.45, 2.75) is 39.3 Å². The van der Waals surface area contributed by atoms with Crippen molar-refractivity contribution in [3.05, 3.63) is 40.4 Å². The summed E-state index contributed by atoms with van der Waals surface area (Å²) in [5.41, 5.74) is 1.30. The maximum atomic E-state index is 5.97. The van der Waals surface area contributed by atoms with Gasteiger partial charge in [0, 0.05) is 11.4 Å². The van der Waals surface area contributed by atoms with Crippen LogP contribution in [0.4, 0.5) is 5.82 Å². The van der Waals surface area contributed by atoms with Crippen molar-refractivity contribution < 1.29 is 9.15 Å². The van der Waals surface area contributed by atoms with Gasteiger partial charge in [0.1, 0.15) is 28.3 Å². The average Bonchev–Trinajstić information content (AvgIpc) is 3.45. The monoisotopic (exact) mass is 398 g/mol. The van der Waals surface area contributed by atoms with Crippen LogP contribution in [-0.4, -0.2) is 47.7 Å². The Morgan fingerprint density at radius 3 is 2.82 bits per heavy atom. The number of morpholine rings is 1. The van der Waals surface area contributed by atoms with E-state index >= 15 is 0 Å². The van der Waals surface area contributed by atoms with Crippen LogP contribution in [0, 0.1) is 13.8 Å². The second-order valence-electron chi connectivity index (χ2n) is 7.73. The lowest BCUT2D eigenvalue weighted by atomic mass is 10.1. The Morgan fingerprint density at radius 1 is 1.18 bits per heavy atom. The molecule has 0 N–H and O–H groups in total. The van der Waals surface area contributed by atoms with Crippen LogP contribution in [0.15, 0.2) is 22.8 Å². The largest absolute Gasteiger partial charge is 0.467 e. The van der Waals surface area contributed by atoms with Gasteiger partial charge in [0.25, 0.3) is 0 Å². The predicted molar refractivity (Wildman–Crippen MR) is 111 cm³/mol. The molecule has 2 aliphatic rings. The molecule has 5 heterocycles. The minimum atomic E-state index is -0.0594. The summed E-state index contributed by atoms with van der Waals surface area (Å²) in [7, 11) is 0. The minimum Gasteiger partial charge on any atom is -0.467 e. The normalized spacial score (nSPS) is 21.1. The molecule has 0 saturated carbocycles. The molecule has 0 aromatic carbocycles. The lowest BCUT2D eigenvalue weighted by Gasteiger charge is -2.33. The SMILES string of the molecule is Cc1sc2nc(CN3CCCC3)nc(N3CCOC(c4ccco4)C3)c2c1C. The number of likely N-dealkylation sites (tertiary alicyclic amines) is 1. The first-order valence-electron chi connectivity index (χ1n) is 10.1. The molecule has 2 fully saturated rings. The van der Waals surface area contributed by atoms with Crippen molar-refractivity contribution in [1.82, 2.24) is 14.9 Å². The highest BCUT2D eigenvalue weighted by Crippen LogP contribution is 2.37. The van der Waals surface area contributed by atoms with Crippen LogP contribution in [0.5, 0.6) is 0 Å². The lowest BCUT2D eigenvalue weighted by Crippen LogP contribution is -2.39. The third-order valence-electron chi connectivity index (χ3n) is 5.85. The molecule has 2 saturated heterocycles. The third-order valence-corrected chi connectivity index (χ3v) is 6.95. The molecule has 148 valence electrons. The number of ether oxygens (including phenoxy) is 1. The van der Waals surface area contributed by atoms with E-state index in [1.54, 1.807) is 17.6 Å². The molecule has 0 radical (unpaired) electrons. The zero-order valence-electron chi connectivity index (χ0n) is 16.5. The molecule has 3 aromatic rings. The van der Waals surface area contributed by atoms with E-state index in [4.69, 9.17) is 19.1 Å². The first kappa shape index (κ1) is 18.1. The van der Waals surface area contributed by atoms with E-state index in [1.165, 1.54) is 28.7 Å². The molecule has 2 aliphatic heterocycles. The zero-order chi connectivity index (χ0) is 19.1. The smallest absolute Gasteiger partial charge is 0.146 e. The van der Waals surface area contributed by atoms with Crippen molar-refractivity contribution >= 4 is 27.4 Å². The van der Waals surface area contributed by atoms with Gasteiger partial charge in [-0.2, -0.15) is 0 Å². The van der Waals surface area contributed by atoms with Crippen LogP contribution in [0.25, 0.3) is 10.2 Å². The Labute approximate surface area is 169 Å². The Morgan fingerprint density at radius 2 is 2.04 bits per heavy atom. The number of rotatable bonds is 4. The number of fused-ring (bicyclic) bond motifs is 1. The lowest BCUT2D eigenvalue weighted by molar-refractivity contribution is 0.0256. The molecule has 0 spiro atoms. The number of nitrogens with zero attached hydrogens (tertiary/aromatic N) is 4. The van der Waals surface area contributed by atoms with E-state index in [0.717, 1.165) is 55.0 Å². The van der Waals surface area contributed by atoms with Gasteiger partial charge in [0.2, 0.25) is 0 Å². The predicted octanol–water partition coefficient (Wildman–Crippen LogP) is 4.07. The quantitative estimate of drug-likeness (QED) is 0.660. The number of hydrogen-bond acceptors (Lipinski definition) is 7. The van der Waals surface area contributed by atoms with E-state index in [9.17, 15) is 0 Å². The summed E-state index contributed by atoms with van der Waals surface area (Å²) in [6, 6.07) is 3.91. The molecule has 28 heavy (non-hydrogen) atoms. The highest BCUT2D eigenvalue weighted by atomic mass is 32.1. The van der Waals surface area contributed by atoms with Crippen molar-refractivity contribution in [1.29, 1.82) is 0 Å². The molecule has 1 atom stereocenters. The van der Waals surface area contributed by atoms with E-state index in [-0.39, 0.29) is 6.10 Å². The van der Waals surface area contributed by atoms with Gasteiger partial charge in [-0.25, -0.2) is 9.97 Å². The average molecular weight is 399 g/mol. The summed E-state index contributed by atoms with van der Waals surface area (Å²) in [6.45, 7) is 9.75. The molecule has 1 unspecified atom stereocenters. The summed E-state index contributed by atoms with van der Waals surface area (Å²) in [5.74, 6) is 2.87. The summed E-state index contributed by atoms with van der Waals surface area (Å²) >= 11 is 1.78. The van der Waals surface area contributed by atoms with Gasteiger partial charge in [0.05, 0.1) is 31.3 Å². The fraction of sp³-hybridized carbons (Fsp3) is 0.524. The zero-order valence-corrected chi connectivity index (χ0v) is 17.3. The molecule has 3 aromatic heterocycles. The molecule has 0 aliphatic carbocycles. The van der Waals surface area contributed by atoms with E-state index < -0.39 is 0 Å². The van der Waals surface area contributed by atoms with Crippen molar-refractivity contribution in [3.63, 3.8) is 0 Å². The van der Waals surface area contributed by atoms with Crippen molar-refractivity contribution in [3.8, 4) is 0 Å². The molecule has 5 rings (SSSR count). The molecular weight excluding hydrogens is 372 g/mol. The topological polar surface area (TPSA) is 54.6 Å². The Bertz CT molecular complexity index is 963. The molecule has 7 heteroatoms. The molecule has 0 amide bonds. The second kappa shape index (κ2) is 7.46. The molecule has 0 bridgehead atoms. The van der Waals surface area contributed by atoms with Crippen molar-refractivity contribution in [2.75, 3.05) is 37.7 Å². The fourth-order valence-electron chi connectivity index (χ4n) is 4.20. The minimum absolute atomic E-state index is 0.0594. The van der Waals surface area contributed by atoms with Crippen LogP contribution in [0.3, 0.4) is 0 Å². The second-order valence-corrected chi connectivity index (χ2v) is 8.93. The summed E-state index contributed by atoms with van der Waals surface area (Å²) in [5, 5.41) is 1.20. The maximum Gasteiger partial charge on any atom is 0.146 e. The highest BCUT2D eigenvalue weighted by molar-refractivity contribution is 7.18. The Kier molecular flexibility index (Phi) is 4.82. The van der Waals surface area contributed by atoms with Crippen molar-refractivity contribution in [2.24, 2.45) is 0 Å². The molecular formula is C21H26N4O2S. The van der Waals surface area contributed by atoms with Crippen LogP contribution in [-0.2, 0) is 11.3 Å². The number of aryl methyl sites for hydroxylation is 2.